The number of benzene rings is 1. The summed E-state index contributed by atoms with van der Waals surface area (Å²) in [4.78, 5) is 0. The van der Waals surface area contributed by atoms with Crippen LogP contribution in [0.2, 0.25) is 0 Å². The van der Waals surface area contributed by atoms with Gasteiger partial charge in [-0.15, -0.1) is 12.1 Å². The van der Waals surface area contributed by atoms with E-state index in [9.17, 15) is 0 Å². The third-order valence-corrected chi connectivity index (χ3v) is 1.12. The van der Waals surface area contributed by atoms with Crippen LogP contribution in [0, 0.1) is 13.8 Å². The van der Waals surface area contributed by atoms with Gasteiger partial charge < -0.3 is 0 Å². The molecular weight excluding hydrogens is 147 g/mol. The van der Waals surface area contributed by atoms with E-state index < -0.39 is 0 Å². The quantitative estimate of drug-likeness (QED) is 0.505. The molecule has 0 aliphatic carbocycles. The zero-order valence-electron chi connectivity index (χ0n) is 5.46. The van der Waals surface area contributed by atoms with E-state index in [2.05, 4.69) is 26.0 Å². The van der Waals surface area contributed by atoms with Crippen molar-refractivity contribution in [2.75, 3.05) is 0 Å². The average molecular weight is 156 g/mol. The summed E-state index contributed by atoms with van der Waals surface area (Å²) in [5.41, 5.74) is 2.37. The van der Waals surface area contributed by atoms with Gasteiger partial charge in [-0.05, 0) is 6.92 Å². The van der Waals surface area contributed by atoms with Gasteiger partial charge in [0.05, 0.1) is 0 Å². The van der Waals surface area contributed by atoms with Crippen molar-refractivity contribution in [3.63, 3.8) is 0 Å². The van der Waals surface area contributed by atoms with Gasteiger partial charge in [-0.2, -0.15) is 24.6 Å². The van der Waals surface area contributed by atoms with Crippen LogP contribution in [0.4, 0.5) is 0 Å². The first-order valence-corrected chi connectivity index (χ1v) is 2.67. The standard InChI is InChI=1S/C8H9.V/c1-7-3-5-8(2)6-4-7;/h3-6H,1H2,2H3;/q-1;. The van der Waals surface area contributed by atoms with E-state index in [4.69, 9.17) is 0 Å². The Morgan fingerprint density at radius 3 is 1.89 bits per heavy atom. The van der Waals surface area contributed by atoms with Crippen molar-refractivity contribution in [1.82, 2.24) is 0 Å². The Bertz CT molecular complexity index is 143. The van der Waals surface area contributed by atoms with E-state index in [0.29, 0.717) is 0 Å². The van der Waals surface area contributed by atoms with Gasteiger partial charge in [-0.3, -0.25) is 0 Å². The Hall–Kier alpha value is -0.326. The topological polar surface area (TPSA) is 0 Å². The molecule has 9 heavy (non-hydrogen) atoms. The van der Waals surface area contributed by atoms with Crippen LogP contribution in [-0.4, -0.2) is 0 Å². The second-order valence-electron chi connectivity index (χ2n) is 1.99. The van der Waals surface area contributed by atoms with Gasteiger partial charge in [0.1, 0.15) is 0 Å². The zero-order chi connectivity index (χ0) is 5.98. The summed E-state index contributed by atoms with van der Waals surface area (Å²) in [6.45, 7) is 5.83. The summed E-state index contributed by atoms with van der Waals surface area (Å²) in [6, 6.07) is 8.13. The Morgan fingerprint density at radius 1 is 1.11 bits per heavy atom. The van der Waals surface area contributed by atoms with E-state index in [1.807, 2.05) is 12.1 Å². The number of rotatable bonds is 0. The normalized spacial score (nSPS) is 8.11. The Morgan fingerprint density at radius 2 is 1.56 bits per heavy atom. The maximum absolute atomic E-state index is 3.76. The largest absolute Gasteiger partial charge is 0.199 e. The summed E-state index contributed by atoms with van der Waals surface area (Å²) < 4.78 is 0. The molecule has 0 amide bonds. The predicted molar refractivity (Wildman–Crippen MR) is 35.6 cm³/mol. The molecule has 1 radical (unpaired) electrons. The fourth-order valence-electron chi connectivity index (χ4n) is 0.588. The van der Waals surface area contributed by atoms with Gasteiger partial charge >= 0.3 is 0 Å². The van der Waals surface area contributed by atoms with E-state index in [0.717, 1.165) is 5.56 Å². The Kier molecular flexibility index (Phi) is 3.52. The van der Waals surface area contributed by atoms with Crippen LogP contribution < -0.4 is 0 Å². The van der Waals surface area contributed by atoms with Gasteiger partial charge in [-0.1, -0.05) is 5.56 Å². The van der Waals surface area contributed by atoms with E-state index in [-0.39, 0.29) is 18.6 Å². The van der Waals surface area contributed by atoms with Crippen LogP contribution in [-0.2, 0) is 18.6 Å². The predicted octanol–water partition coefficient (Wildman–Crippen LogP) is 2.17. The van der Waals surface area contributed by atoms with Crippen LogP contribution in [0.25, 0.3) is 0 Å². The molecule has 1 rings (SSSR count). The van der Waals surface area contributed by atoms with Crippen molar-refractivity contribution in [3.8, 4) is 0 Å². The molecule has 0 atom stereocenters. The molecular formula is C8H9V-. The van der Waals surface area contributed by atoms with E-state index in [1.54, 1.807) is 0 Å². The third kappa shape index (κ3) is 2.64. The first-order valence-electron chi connectivity index (χ1n) is 2.67. The number of hydrogen-bond acceptors (Lipinski definition) is 0. The van der Waals surface area contributed by atoms with Crippen molar-refractivity contribution in [3.05, 3.63) is 42.3 Å². The van der Waals surface area contributed by atoms with Gasteiger partial charge in [0, 0.05) is 18.6 Å². The fourth-order valence-corrected chi connectivity index (χ4v) is 0.588. The van der Waals surface area contributed by atoms with Crippen LogP contribution in [0.15, 0.2) is 24.3 Å². The molecule has 0 saturated heterocycles. The molecule has 0 nitrogen and oxygen atoms in total. The Balaban J connectivity index is 0.000000640. The Labute approximate surface area is 68.2 Å². The van der Waals surface area contributed by atoms with E-state index >= 15 is 0 Å². The third-order valence-electron chi connectivity index (χ3n) is 1.12. The molecule has 0 aliphatic heterocycles. The molecule has 0 saturated carbocycles. The van der Waals surface area contributed by atoms with Crippen LogP contribution >= 0.6 is 0 Å². The van der Waals surface area contributed by atoms with Crippen molar-refractivity contribution >= 4 is 0 Å². The first kappa shape index (κ1) is 8.67. The molecule has 0 aromatic heterocycles. The second kappa shape index (κ2) is 3.65. The molecule has 47 valence electrons. The molecule has 0 spiro atoms. The summed E-state index contributed by atoms with van der Waals surface area (Å²) in [5, 5.41) is 0. The zero-order valence-corrected chi connectivity index (χ0v) is 6.86. The second-order valence-corrected chi connectivity index (χ2v) is 1.99. The van der Waals surface area contributed by atoms with Gasteiger partial charge in [-0.25, -0.2) is 0 Å². The number of aryl methyl sites for hydroxylation is 1. The van der Waals surface area contributed by atoms with Crippen molar-refractivity contribution in [1.29, 1.82) is 0 Å². The molecule has 1 aromatic rings. The van der Waals surface area contributed by atoms with Crippen molar-refractivity contribution in [2.24, 2.45) is 0 Å². The van der Waals surface area contributed by atoms with E-state index in [1.165, 1.54) is 5.56 Å². The average Bonchev–Trinajstić information content (AvgIpc) is 1.77. The van der Waals surface area contributed by atoms with Gasteiger partial charge in [0.15, 0.2) is 0 Å². The van der Waals surface area contributed by atoms with Crippen molar-refractivity contribution < 1.29 is 18.6 Å². The first-order chi connectivity index (χ1) is 3.79. The van der Waals surface area contributed by atoms with Crippen molar-refractivity contribution in [2.45, 2.75) is 6.92 Å². The molecule has 0 aliphatic rings. The summed E-state index contributed by atoms with van der Waals surface area (Å²) >= 11 is 0. The maximum Gasteiger partial charge on any atom is 0 e. The molecule has 0 fully saturated rings. The minimum Gasteiger partial charge on any atom is -0.199 e. The molecule has 0 N–H and O–H groups in total. The summed E-state index contributed by atoms with van der Waals surface area (Å²) in [6.07, 6.45) is 0. The fraction of sp³-hybridized carbons (Fsp3) is 0.125. The minimum atomic E-state index is 0. The number of hydrogen-bond donors (Lipinski definition) is 0. The molecule has 1 aromatic carbocycles. The molecule has 0 heterocycles. The summed E-state index contributed by atoms with van der Waals surface area (Å²) in [5.74, 6) is 0. The summed E-state index contributed by atoms with van der Waals surface area (Å²) in [7, 11) is 0. The van der Waals surface area contributed by atoms with Gasteiger partial charge in [0.25, 0.3) is 0 Å². The maximum atomic E-state index is 3.76. The molecule has 0 bridgehead atoms. The van der Waals surface area contributed by atoms with Crippen LogP contribution in [0.3, 0.4) is 0 Å². The van der Waals surface area contributed by atoms with Crippen LogP contribution in [0.5, 0.6) is 0 Å². The monoisotopic (exact) mass is 156 g/mol. The SMILES string of the molecule is [CH2-]c1ccc(C)cc1.[V]. The molecule has 0 unspecified atom stereocenters. The molecule has 1 heteroatoms. The van der Waals surface area contributed by atoms with Crippen LogP contribution in [0.1, 0.15) is 11.1 Å². The minimum absolute atomic E-state index is 0. The van der Waals surface area contributed by atoms with Gasteiger partial charge in [0.2, 0.25) is 0 Å². The smallest absolute Gasteiger partial charge is 0 e.